The Morgan fingerprint density at radius 3 is 2.69 bits per heavy atom. The molecule has 0 unspecified atom stereocenters. The van der Waals surface area contributed by atoms with E-state index in [1.807, 2.05) is 0 Å². The summed E-state index contributed by atoms with van der Waals surface area (Å²) in [6.07, 6.45) is 1.39. The molecule has 26 heavy (non-hydrogen) atoms. The molecule has 2 N–H and O–H groups in total. The van der Waals surface area contributed by atoms with Gasteiger partial charge in [-0.1, -0.05) is 34.4 Å². The van der Waals surface area contributed by atoms with Crippen LogP contribution in [0.1, 0.15) is 16.1 Å². The number of nitrogens with zero attached hydrogens (tertiary/aromatic N) is 5. The zero-order valence-electron chi connectivity index (χ0n) is 12.6. The minimum atomic E-state index is -0.713. The Balaban J connectivity index is 1.74. The number of benzene rings is 1. The van der Waals surface area contributed by atoms with Gasteiger partial charge in [-0.05, 0) is 33.0 Å². The maximum Gasteiger partial charge on any atom is 0.357 e. The van der Waals surface area contributed by atoms with Crippen LogP contribution in [0.3, 0.4) is 0 Å². The van der Waals surface area contributed by atoms with E-state index in [1.165, 1.54) is 11.0 Å². The number of H-pyrrole nitrogens is 1. The number of nitrogens with one attached hydrogen (secondary N) is 2. The first-order valence-electron chi connectivity index (χ1n) is 6.88. The third-order valence-corrected chi connectivity index (χ3v) is 4.69. The fourth-order valence-corrected chi connectivity index (χ4v) is 3.04. The predicted molar refractivity (Wildman–Crippen MR) is 96.5 cm³/mol. The Hall–Kier alpha value is -2.50. The molecule has 0 aliphatic rings. The summed E-state index contributed by atoms with van der Waals surface area (Å²) in [7, 11) is 0. The van der Waals surface area contributed by atoms with E-state index in [1.54, 1.807) is 18.2 Å². The normalized spacial score (nSPS) is 10.7. The third-order valence-electron chi connectivity index (χ3n) is 3.23. The van der Waals surface area contributed by atoms with E-state index in [2.05, 4.69) is 41.5 Å². The molecule has 0 bridgehead atoms. The molecule has 0 aliphatic carbocycles. The van der Waals surface area contributed by atoms with E-state index in [0.29, 0.717) is 15.6 Å². The van der Waals surface area contributed by atoms with Crippen LogP contribution in [0.5, 0.6) is 0 Å². The van der Waals surface area contributed by atoms with Crippen LogP contribution in [0, 0.1) is 10.1 Å². The smallest absolute Gasteiger partial charge is 0.357 e. The first-order chi connectivity index (χ1) is 12.4. The average molecular weight is 461 g/mol. The summed E-state index contributed by atoms with van der Waals surface area (Å²) in [5.74, 6) is -1.15. The average Bonchev–Trinajstić information content (AvgIpc) is 3.17. The number of carbonyl (C=O) groups excluding carboxylic acids is 1. The Morgan fingerprint density at radius 2 is 2.08 bits per heavy atom. The number of amides is 1. The topological polar surface area (TPSA) is 132 Å². The lowest BCUT2D eigenvalue weighted by molar-refractivity contribution is -0.390. The van der Waals surface area contributed by atoms with Crippen molar-refractivity contribution in [1.29, 1.82) is 0 Å². The second-order valence-electron chi connectivity index (χ2n) is 4.91. The molecule has 0 saturated carbocycles. The van der Waals surface area contributed by atoms with Gasteiger partial charge in [-0.15, -0.1) is 10.2 Å². The summed E-state index contributed by atoms with van der Waals surface area (Å²) >= 11 is 15.2. The van der Waals surface area contributed by atoms with Gasteiger partial charge >= 0.3 is 5.82 Å². The van der Waals surface area contributed by atoms with Gasteiger partial charge in [0.1, 0.15) is 10.8 Å². The highest BCUT2D eigenvalue weighted by atomic mass is 79.9. The summed E-state index contributed by atoms with van der Waals surface area (Å²) in [6.45, 7) is 0.249. The van der Waals surface area contributed by atoms with Crippen molar-refractivity contribution in [3.8, 4) is 0 Å². The maximum absolute atomic E-state index is 12.2. The molecule has 13 heteroatoms. The van der Waals surface area contributed by atoms with E-state index < -0.39 is 16.6 Å². The molecule has 3 aromatic rings. The lowest BCUT2D eigenvalue weighted by Crippen LogP contribution is -2.14. The summed E-state index contributed by atoms with van der Waals surface area (Å²) in [6, 6.07) is 5.12. The van der Waals surface area contributed by atoms with Gasteiger partial charge in [-0.3, -0.25) is 10.1 Å². The first-order valence-corrected chi connectivity index (χ1v) is 8.43. The lowest BCUT2D eigenvalue weighted by atomic mass is 10.2. The second-order valence-corrected chi connectivity index (χ2v) is 6.52. The molecule has 10 nitrogen and oxygen atoms in total. The minimum absolute atomic E-state index is 0.00395. The van der Waals surface area contributed by atoms with Gasteiger partial charge in [0.2, 0.25) is 5.95 Å². The summed E-state index contributed by atoms with van der Waals surface area (Å²) < 4.78 is 1.37. The van der Waals surface area contributed by atoms with Crippen LogP contribution in [0.15, 0.2) is 29.0 Å². The number of aromatic nitrogens is 5. The molecule has 0 aliphatic heterocycles. The number of rotatable bonds is 5. The van der Waals surface area contributed by atoms with Crippen LogP contribution in [0.25, 0.3) is 0 Å². The Morgan fingerprint density at radius 1 is 1.38 bits per heavy atom. The molecule has 3 rings (SSSR count). The number of nitro groups is 1. The Bertz CT molecular complexity index is 983. The van der Waals surface area contributed by atoms with Gasteiger partial charge in [0.25, 0.3) is 5.91 Å². The van der Waals surface area contributed by atoms with Crippen molar-refractivity contribution in [3.05, 3.63) is 60.4 Å². The molecular weight excluding hydrogens is 453 g/mol. The van der Waals surface area contributed by atoms with Crippen molar-refractivity contribution in [2.24, 2.45) is 0 Å². The summed E-state index contributed by atoms with van der Waals surface area (Å²) in [5.41, 5.74) is 0.464. The van der Waals surface area contributed by atoms with Crippen molar-refractivity contribution in [1.82, 2.24) is 25.0 Å². The van der Waals surface area contributed by atoms with Gasteiger partial charge in [0, 0.05) is 15.6 Å². The van der Waals surface area contributed by atoms with Gasteiger partial charge in [-0.25, -0.2) is 9.67 Å². The first kappa shape index (κ1) is 18.3. The monoisotopic (exact) mass is 459 g/mol. The van der Waals surface area contributed by atoms with Crippen LogP contribution >= 0.6 is 39.1 Å². The molecule has 2 heterocycles. The van der Waals surface area contributed by atoms with Gasteiger partial charge < -0.3 is 10.1 Å². The molecule has 134 valence electrons. The SMILES string of the molecule is O=C(Nc1ncn(Cc2c(Cl)cccc2Cl)n1)c1n[nH]c([N+](=O)[O-])c1Br. The minimum Gasteiger partial charge on any atom is -0.358 e. The standard InChI is InChI=1S/C13H8BrCl2N7O3/c14-9-10(19-20-11(9)23(25)26)12(24)18-13-17-5-22(21-13)4-6-7(15)2-1-3-8(6)16/h1-3,5H,4H2,(H,19,20)(H,18,21,24). The maximum atomic E-state index is 12.2. The summed E-state index contributed by atoms with van der Waals surface area (Å²) in [4.78, 5) is 26.2. The molecular formula is C13H8BrCl2N7O3. The van der Waals surface area contributed by atoms with Crippen molar-refractivity contribution >= 4 is 56.8 Å². The van der Waals surface area contributed by atoms with Crippen LogP contribution in [0.4, 0.5) is 11.8 Å². The second kappa shape index (κ2) is 7.40. The summed E-state index contributed by atoms with van der Waals surface area (Å²) in [5, 5.41) is 24.0. The molecule has 0 saturated heterocycles. The van der Waals surface area contributed by atoms with Crippen molar-refractivity contribution < 1.29 is 9.72 Å². The quantitative estimate of drug-likeness (QED) is 0.443. The highest BCUT2D eigenvalue weighted by molar-refractivity contribution is 9.10. The van der Waals surface area contributed by atoms with Crippen molar-refractivity contribution in [2.45, 2.75) is 6.54 Å². The van der Waals surface area contributed by atoms with Gasteiger partial charge in [0.15, 0.2) is 5.69 Å². The number of aromatic amines is 1. The van der Waals surface area contributed by atoms with E-state index in [0.717, 1.165) is 0 Å². The van der Waals surface area contributed by atoms with Crippen LogP contribution in [-0.2, 0) is 6.54 Å². The largest absolute Gasteiger partial charge is 0.358 e. The van der Waals surface area contributed by atoms with Crippen LogP contribution in [-0.4, -0.2) is 35.8 Å². The zero-order valence-corrected chi connectivity index (χ0v) is 15.7. The van der Waals surface area contributed by atoms with E-state index >= 15 is 0 Å². The molecule has 0 fully saturated rings. The lowest BCUT2D eigenvalue weighted by Gasteiger charge is -2.06. The van der Waals surface area contributed by atoms with Crippen molar-refractivity contribution in [2.75, 3.05) is 5.32 Å². The highest BCUT2D eigenvalue weighted by Crippen LogP contribution is 2.26. The predicted octanol–water partition coefficient (Wildman–Crippen LogP) is 3.28. The Kier molecular flexibility index (Phi) is 5.20. The molecule has 0 radical (unpaired) electrons. The zero-order chi connectivity index (χ0) is 18.8. The van der Waals surface area contributed by atoms with E-state index in [-0.39, 0.29) is 22.7 Å². The fourth-order valence-electron chi connectivity index (χ4n) is 2.02. The van der Waals surface area contributed by atoms with Gasteiger partial charge in [0.05, 0.1) is 6.54 Å². The number of halogens is 3. The van der Waals surface area contributed by atoms with Crippen LogP contribution < -0.4 is 5.32 Å². The molecule has 0 spiro atoms. The molecule has 0 atom stereocenters. The highest BCUT2D eigenvalue weighted by Gasteiger charge is 2.25. The number of hydrogen-bond donors (Lipinski definition) is 2. The fraction of sp³-hybridized carbons (Fsp3) is 0.0769. The Labute approximate surface area is 163 Å². The van der Waals surface area contributed by atoms with Gasteiger partial charge in [-0.2, -0.15) is 0 Å². The third kappa shape index (κ3) is 3.69. The molecule has 1 aromatic carbocycles. The van der Waals surface area contributed by atoms with E-state index in [9.17, 15) is 14.9 Å². The number of anilines is 1. The van der Waals surface area contributed by atoms with Crippen molar-refractivity contribution in [3.63, 3.8) is 0 Å². The number of hydrogen-bond acceptors (Lipinski definition) is 6. The van der Waals surface area contributed by atoms with E-state index in [4.69, 9.17) is 23.2 Å². The molecule has 2 aromatic heterocycles. The molecule has 1 amide bonds. The number of carbonyl (C=O) groups is 1. The van der Waals surface area contributed by atoms with Crippen LogP contribution in [0.2, 0.25) is 10.0 Å².